The average molecular weight is 474 g/mol. The molecule has 0 aliphatic rings. The summed E-state index contributed by atoms with van der Waals surface area (Å²) in [6, 6.07) is 6.99. The van der Waals surface area contributed by atoms with E-state index in [0.717, 1.165) is 5.82 Å². The van der Waals surface area contributed by atoms with Crippen LogP contribution in [0.3, 0.4) is 0 Å². The van der Waals surface area contributed by atoms with Gasteiger partial charge in [0.1, 0.15) is 11.9 Å². The average Bonchev–Trinajstić information content (AvgIpc) is 2.77. The highest BCUT2D eigenvalue weighted by atomic mass is 35.5. The molecule has 2 heterocycles. The largest absolute Gasteiger partial charge is 0.493 e. The molecular weight excluding hydrogens is 449 g/mol. The smallest absolute Gasteiger partial charge is 0.162 e. The minimum absolute atomic E-state index is 0.219. The van der Waals surface area contributed by atoms with Gasteiger partial charge in [0, 0.05) is 54.9 Å². The number of anilines is 2. The fourth-order valence-electron chi connectivity index (χ4n) is 3.20. The Bertz CT molecular complexity index is 1150. The van der Waals surface area contributed by atoms with Crippen LogP contribution in [-0.4, -0.2) is 36.9 Å². The van der Waals surface area contributed by atoms with Gasteiger partial charge in [0.25, 0.3) is 0 Å². The first-order valence-corrected chi connectivity index (χ1v) is 10.6. The molecule has 0 aliphatic heterocycles. The van der Waals surface area contributed by atoms with E-state index in [0.29, 0.717) is 49.6 Å². The monoisotopic (exact) mass is 473 g/mol. The summed E-state index contributed by atoms with van der Waals surface area (Å²) in [5.74, 6) is 1.64. The number of nitrogens with zero attached hydrogens (tertiary/aromatic N) is 3. The van der Waals surface area contributed by atoms with Crippen LogP contribution in [0.4, 0.5) is 11.5 Å². The maximum absolute atomic E-state index is 8.68. The minimum atomic E-state index is -0.503. The number of hydrogen-bond acceptors (Lipinski definition) is 7. The number of pyridine rings is 2. The summed E-state index contributed by atoms with van der Waals surface area (Å²) >= 11 is 12.8. The Morgan fingerprint density at radius 2 is 1.84 bits per heavy atom. The summed E-state index contributed by atoms with van der Waals surface area (Å²) in [6.45, 7) is 3.63. The van der Waals surface area contributed by atoms with Crippen LogP contribution in [0.5, 0.6) is 11.5 Å². The van der Waals surface area contributed by atoms with Crippen LogP contribution in [0.25, 0.3) is 0 Å². The standard InChI is InChI=1S/C23H25Cl2N5O2/c1-12-22(25)21(16(24)11-28-12)13(2)32-19-8-15(17(26)9-18(19)31-5)23(27)14-6-7-20(29-10-14)30(3)4/h6-11,13,27H,26H2,1-5H3/t13-/m1/s1. The zero-order valence-corrected chi connectivity index (χ0v) is 20.0. The summed E-state index contributed by atoms with van der Waals surface area (Å²) in [4.78, 5) is 10.4. The number of hydrogen-bond donors (Lipinski definition) is 2. The maximum atomic E-state index is 8.68. The Kier molecular flexibility index (Phi) is 7.11. The van der Waals surface area contributed by atoms with Crippen LogP contribution < -0.4 is 20.1 Å². The topological polar surface area (TPSA) is 97.4 Å². The Labute approximate surface area is 197 Å². The summed E-state index contributed by atoms with van der Waals surface area (Å²) in [6.07, 6.45) is 2.69. The molecule has 0 amide bonds. The SMILES string of the molecule is COc1cc(N)c(C(=N)c2ccc(N(C)C)nc2)cc1O[C@H](C)c1c(Cl)cnc(C)c1Cl. The number of nitrogens with one attached hydrogen (secondary N) is 1. The third-order valence-corrected chi connectivity index (χ3v) is 5.77. The van der Waals surface area contributed by atoms with Crippen molar-refractivity contribution in [3.8, 4) is 11.5 Å². The van der Waals surface area contributed by atoms with Gasteiger partial charge < -0.3 is 20.1 Å². The van der Waals surface area contributed by atoms with E-state index in [1.807, 2.05) is 38.1 Å². The molecule has 7 nitrogen and oxygen atoms in total. The molecule has 3 aromatic rings. The highest BCUT2D eigenvalue weighted by Gasteiger charge is 2.21. The molecule has 9 heteroatoms. The number of nitrogen functional groups attached to an aromatic ring is 1. The lowest BCUT2D eigenvalue weighted by atomic mass is 10.0. The van der Waals surface area contributed by atoms with Crippen molar-refractivity contribution in [2.75, 3.05) is 31.8 Å². The number of aromatic nitrogens is 2. The van der Waals surface area contributed by atoms with E-state index in [-0.39, 0.29) is 5.71 Å². The molecule has 32 heavy (non-hydrogen) atoms. The lowest BCUT2D eigenvalue weighted by Gasteiger charge is -2.21. The molecule has 3 N–H and O–H groups in total. The van der Waals surface area contributed by atoms with Crippen LogP contribution in [-0.2, 0) is 0 Å². The van der Waals surface area contributed by atoms with Crippen molar-refractivity contribution in [3.05, 3.63) is 69.1 Å². The number of aryl methyl sites for hydroxylation is 1. The predicted molar refractivity (Wildman–Crippen MR) is 130 cm³/mol. The molecule has 0 bridgehead atoms. The second-order valence-electron chi connectivity index (χ2n) is 7.44. The third kappa shape index (κ3) is 4.74. The Balaban J connectivity index is 1.98. The first-order valence-electron chi connectivity index (χ1n) is 9.81. The van der Waals surface area contributed by atoms with Gasteiger partial charge >= 0.3 is 0 Å². The number of ether oxygens (including phenoxy) is 2. The zero-order chi connectivity index (χ0) is 23.6. The van der Waals surface area contributed by atoms with Crippen LogP contribution in [0.15, 0.2) is 36.7 Å². The number of benzene rings is 1. The lowest BCUT2D eigenvalue weighted by Crippen LogP contribution is -2.12. The molecule has 0 saturated carbocycles. The van der Waals surface area contributed by atoms with E-state index < -0.39 is 6.10 Å². The fraction of sp³-hybridized carbons (Fsp3) is 0.261. The van der Waals surface area contributed by atoms with E-state index in [2.05, 4.69) is 9.97 Å². The van der Waals surface area contributed by atoms with E-state index in [1.165, 1.54) is 7.11 Å². The van der Waals surface area contributed by atoms with Crippen molar-refractivity contribution in [3.63, 3.8) is 0 Å². The summed E-state index contributed by atoms with van der Waals surface area (Å²) < 4.78 is 11.6. The first kappa shape index (κ1) is 23.6. The van der Waals surface area contributed by atoms with Gasteiger partial charge in [0.15, 0.2) is 11.5 Å². The van der Waals surface area contributed by atoms with Gasteiger partial charge in [-0.3, -0.25) is 10.4 Å². The summed E-state index contributed by atoms with van der Waals surface area (Å²) in [5.41, 5.74) is 9.25. The van der Waals surface area contributed by atoms with Gasteiger partial charge in [-0.15, -0.1) is 0 Å². The minimum Gasteiger partial charge on any atom is -0.493 e. The van der Waals surface area contributed by atoms with E-state index >= 15 is 0 Å². The van der Waals surface area contributed by atoms with Gasteiger partial charge in [0.2, 0.25) is 0 Å². The summed E-state index contributed by atoms with van der Waals surface area (Å²) in [7, 11) is 5.34. The molecule has 1 aromatic carbocycles. The Hall–Kier alpha value is -3.03. The van der Waals surface area contributed by atoms with E-state index in [1.54, 1.807) is 31.5 Å². The van der Waals surface area contributed by atoms with Gasteiger partial charge in [-0.1, -0.05) is 23.2 Å². The van der Waals surface area contributed by atoms with Crippen LogP contribution in [0, 0.1) is 12.3 Å². The second-order valence-corrected chi connectivity index (χ2v) is 8.23. The number of methoxy groups -OCH3 is 1. The fourth-order valence-corrected chi connectivity index (χ4v) is 3.85. The molecule has 3 rings (SSSR count). The molecule has 0 fully saturated rings. The Morgan fingerprint density at radius 3 is 2.44 bits per heavy atom. The van der Waals surface area contributed by atoms with Crippen molar-refractivity contribution in [1.29, 1.82) is 5.41 Å². The van der Waals surface area contributed by atoms with Crippen molar-refractivity contribution in [2.24, 2.45) is 0 Å². The number of rotatable bonds is 7. The van der Waals surface area contributed by atoms with Gasteiger partial charge in [-0.2, -0.15) is 0 Å². The van der Waals surface area contributed by atoms with Crippen LogP contribution >= 0.6 is 23.2 Å². The molecule has 2 aromatic heterocycles. The molecule has 0 radical (unpaired) electrons. The molecule has 0 aliphatic carbocycles. The highest BCUT2D eigenvalue weighted by molar-refractivity contribution is 6.36. The normalized spacial score (nSPS) is 11.7. The molecule has 0 unspecified atom stereocenters. The molecule has 168 valence electrons. The van der Waals surface area contributed by atoms with Crippen LogP contribution in [0.2, 0.25) is 10.0 Å². The predicted octanol–water partition coefficient (Wildman–Crippen LogP) is 5.30. The molecule has 0 saturated heterocycles. The summed E-state index contributed by atoms with van der Waals surface area (Å²) in [5, 5.41) is 9.53. The zero-order valence-electron chi connectivity index (χ0n) is 18.5. The van der Waals surface area contributed by atoms with Gasteiger partial charge in [-0.25, -0.2) is 4.98 Å². The Morgan fingerprint density at radius 1 is 1.12 bits per heavy atom. The van der Waals surface area contributed by atoms with Crippen LogP contribution in [0.1, 0.15) is 35.4 Å². The second kappa shape index (κ2) is 9.63. The number of halogens is 2. The molecule has 0 spiro atoms. The first-order chi connectivity index (χ1) is 15.1. The molecule has 1 atom stereocenters. The number of nitrogens with two attached hydrogens (primary N) is 1. The van der Waals surface area contributed by atoms with Gasteiger partial charge in [0.05, 0.1) is 28.6 Å². The quantitative estimate of drug-likeness (QED) is 0.356. The van der Waals surface area contributed by atoms with E-state index in [4.69, 9.17) is 43.8 Å². The van der Waals surface area contributed by atoms with Crippen molar-refractivity contribution >= 4 is 40.4 Å². The maximum Gasteiger partial charge on any atom is 0.162 e. The van der Waals surface area contributed by atoms with Gasteiger partial charge in [-0.05, 0) is 32.0 Å². The molecular formula is C23H25Cl2N5O2. The van der Waals surface area contributed by atoms with Crippen molar-refractivity contribution in [2.45, 2.75) is 20.0 Å². The lowest BCUT2D eigenvalue weighted by molar-refractivity contribution is 0.216. The van der Waals surface area contributed by atoms with Crippen molar-refractivity contribution in [1.82, 2.24) is 9.97 Å². The van der Waals surface area contributed by atoms with E-state index in [9.17, 15) is 0 Å². The van der Waals surface area contributed by atoms with Crippen molar-refractivity contribution < 1.29 is 9.47 Å². The highest BCUT2D eigenvalue weighted by Crippen LogP contribution is 2.39. The third-order valence-electron chi connectivity index (χ3n) is 4.99.